The fraction of sp³-hybridized carbons (Fsp3) is 0. The fourth-order valence-corrected chi connectivity index (χ4v) is 10.0. The second-order valence-corrected chi connectivity index (χ2v) is 16.0. The molecule has 14 rings (SSSR count). The summed E-state index contributed by atoms with van der Waals surface area (Å²) in [4.78, 5) is 15.6. The number of fused-ring (bicyclic) bond motifs is 4. The molecule has 0 saturated carbocycles. The van der Waals surface area contributed by atoms with E-state index in [2.05, 4.69) is 187 Å². The third-order valence-corrected chi connectivity index (χ3v) is 12.7. The molecule has 1 aliphatic carbocycles. The summed E-state index contributed by atoms with van der Waals surface area (Å²) in [5.41, 5.74) is 10.5. The normalized spacial score (nSPS) is 12.3. The van der Waals surface area contributed by atoms with E-state index in [0.29, 0.717) is 17.5 Å². The topological polar surface area (TPSA) is 56.7 Å². The Morgan fingerprint density at radius 3 is 1.78 bits per heavy atom. The van der Waals surface area contributed by atoms with Crippen LogP contribution in [0, 0.1) is 0 Å². The van der Waals surface area contributed by atoms with Crippen molar-refractivity contribution in [2.45, 2.75) is 0 Å². The predicted molar refractivity (Wildman–Crippen MR) is 247 cm³/mol. The maximum absolute atomic E-state index is 6.47. The average molecular weight is 763 g/mol. The summed E-state index contributed by atoms with van der Waals surface area (Å²) < 4.78 is 8.87. The smallest absolute Gasteiger partial charge is 0.164 e. The maximum atomic E-state index is 6.47. The molecular weight excluding hydrogens is 733 g/mol. The van der Waals surface area contributed by atoms with Gasteiger partial charge in [0.15, 0.2) is 17.5 Å². The van der Waals surface area contributed by atoms with Crippen LogP contribution in [0.4, 0.5) is 0 Å². The van der Waals surface area contributed by atoms with E-state index in [1.807, 2.05) is 0 Å². The largest absolute Gasteiger partial charge is 0.456 e. The first-order valence-corrected chi connectivity index (χ1v) is 20.3. The van der Waals surface area contributed by atoms with E-state index >= 15 is 0 Å². The molecule has 0 atom stereocenters. The minimum Gasteiger partial charge on any atom is -0.456 e. The van der Waals surface area contributed by atoms with Gasteiger partial charge in [0.2, 0.25) is 0 Å². The molecule has 0 aliphatic heterocycles. The molecule has 0 spiro atoms. The summed E-state index contributed by atoms with van der Waals surface area (Å²) in [6.07, 6.45) is 0. The van der Waals surface area contributed by atoms with Crippen molar-refractivity contribution in [3.8, 4) is 51.0 Å². The Bertz CT molecular complexity index is 4010. The quantitative estimate of drug-likeness (QED) is 0.168. The molecule has 3 aromatic heterocycles. The lowest BCUT2D eigenvalue weighted by atomic mass is 9.98. The Labute approximate surface area is 342 Å². The fourth-order valence-electron chi connectivity index (χ4n) is 10.0. The Morgan fingerprint density at radius 1 is 0.333 bits per heavy atom. The van der Waals surface area contributed by atoms with Gasteiger partial charge in [0, 0.05) is 49.3 Å². The van der Waals surface area contributed by atoms with Gasteiger partial charge in [-0.05, 0) is 116 Å². The minimum absolute atomic E-state index is 0.625. The molecule has 0 bridgehead atoms. The van der Waals surface area contributed by atoms with Gasteiger partial charge < -0.3 is 8.98 Å². The lowest BCUT2D eigenvalue weighted by molar-refractivity contribution is 0.669. The van der Waals surface area contributed by atoms with Gasteiger partial charge in [-0.1, -0.05) is 115 Å². The van der Waals surface area contributed by atoms with Gasteiger partial charge in [0.25, 0.3) is 0 Å². The van der Waals surface area contributed by atoms with E-state index in [0.717, 1.165) is 55.2 Å². The number of hydrogen-bond acceptors (Lipinski definition) is 4. The van der Waals surface area contributed by atoms with Gasteiger partial charge in [0.1, 0.15) is 11.2 Å². The Hall–Kier alpha value is -8.15. The molecule has 276 valence electrons. The highest BCUT2D eigenvalue weighted by Crippen LogP contribution is 2.50. The second-order valence-electron chi connectivity index (χ2n) is 16.0. The Balaban J connectivity index is 0.975. The van der Waals surface area contributed by atoms with Gasteiger partial charge in [-0.3, -0.25) is 0 Å². The van der Waals surface area contributed by atoms with Crippen LogP contribution in [0.3, 0.4) is 0 Å². The van der Waals surface area contributed by atoms with Crippen LogP contribution in [-0.2, 0) is 0 Å². The summed E-state index contributed by atoms with van der Waals surface area (Å²) in [5, 5.41) is 14.3. The summed E-state index contributed by atoms with van der Waals surface area (Å²) in [6.45, 7) is 0. The number of aromatic nitrogens is 4. The van der Waals surface area contributed by atoms with Crippen LogP contribution in [0.25, 0.3) is 138 Å². The van der Waals surface area contributed by atoms with E-state index in [1.165, 1.54) is 65.1 Å². The highest BCUT2D eigenvalue weighted by atomic mass is 16.3. The van der Waals surface area contributed by atoms with Crippen LogP contribution in [0.1, 0.15) is 0 Å². The summed E-state index contributed by atoms with van der Waals surface area (Å²) in [7, 11) is 0. The van der Waals surface area contributed by atoms with Crippen molar-refractivity contribution in [3.05, 3.63) is 182 Å². The molecule has 3 heterocycles. The van der Waals surface area contributed by atoms with E-state index in [9.17, 15) is 0 Å². The molecule has 5 heteroatoms. The molecule has 0 amide bonds. The van der Waals surface area contributed by atoms with Crippen molar-refractivity contribution in [3.63, 3.8) is 0 Å². The van der Waals surface area contributed by atoms with Crippen LogP contribution in [0.2, 0.25) is 0 Å². The highest BCUT2D eigenvalue weighted by molar-refractivity contribution is 6.37. The molecule has 1 aliphatic rings. The van der Waals surface area contributed by atoms with Crippen molar-refractivity contribution >= 4 is 86.8 Å². The summed E-state index contributed by atoms with van der Waals surface area (Å²) >= 11 is 0. The monoisotopic (exact) mass is 762 g/mol. The first-order valence-electron chi connectivity index (χ1n) is 20.3. The van der Waals surface area contributed by atoms with Gasteiger partial charge in [0.05, 0.1) is 11.0 Å². The van der Waals surface area contributed by atoms with E-state index in [-0.39, 0.29) is 0 Å². The first-order chi connectivity index (χ1) is 29.7. The van der Waals surface area contributed by atoms with Crippen molar-refractivity contribution in [2.24, 2.45) is 0 Å². The third-order valence-electron chi connectivity index (χ3n) is 12.7. The van der Waals surface area contributed by atoms with Crippen molar-refractivity contribution < 1.29 is 4.42 Å². The SMILES string of the molecule is c1ccc2cc(-c3nc(-c4ccc(-n5c6cccc7c6c6c8c(ccc9oc%10cccc-7c%10c98)ccc65)cc4)nc(-c4cccc5cc6ccccc6cc45)n3)ccc2c1. The minimum atomic E-state index is 0.625. The van der Waals surface area contributed by atoms with E-state index in [4.69, 9.17) is 19.4 Å². The van der Waals surface area contributed by atoms with Crippen LogP contribution in [0.5, 0.6) is 0 Å². The molecule has 0 unspecified atom stereocenters. The van der Waals surface area contributed by atoms with Crippen molar-refractivity contribution in [1.29, 1.82) is 0 Å². The molecule has 0 fully saturated rings. The van der Waals surface area contributed by atoms with Crippen LogP contribution in [-0.4, -0.2) is 19.5 Å². The zero-order chi connectivity index (χ0) is 39.1. The second kappa shape index (κ2) is 11.7. The number of nitrogens with zero attached hydrogens (tertiary/aromatic N) is 4. The Kier molecular flexibility index (Phi) is 6.23. The summed E-state index contributed by atoms with van der Waals surface area (Å²) in [6, 6.07) is 64.9. The molecule has 0 N–H and O–H groups in total. The molecular formula is C55H30N4O. The summed E-state index contributed by atoms with van der Waals surface area (Å²) in [5.74, 6) is 1.91. The van der Waals surface area contributed by atoms with Crippen LogP contribution < -0.4 is 0 Å². The van der Waals surface area contributed by atoms with Gasteiger partial charge in [-0.2, -0.15) is 0 Å². The van der Waals surface area contributed by atoms with Crippen molar-refractivity contribution in [2.75, 3.05) is 0 Å². The zero-order valence-corrected chi connectivity index (χ0v) is 32.0. The molecule has 60 heavy (non-hydrogen) atoms. The van der Waals surface area contributed by atoms with Gasteiger partial charge >= 0.3 is 0 Å². The van der Waals surface area contributed by atoms with Crippen molar-refractivity contribution in [1.82, 2.24) is 19.5 Å². The van der Waals surface area contributed by atoms with Crippen LogP contribution >= 0.6 is 0 Å². The Morgan fingerprint density at radius 2 is 0.933 bits per heavy atom. The number of hydrogen-bond donors (Lipinski definition) is 0. The molecule has 5 nitrogen and oxygen atoms in total. The molecule has 0 saturated heterocycles. The maximum Gasteiger partial charge on any atom is 0.164 e. The standard InChI is InChI=1S/C55H30N4O/c1-2-9-34-29-38(19-18-31(34)8-1)54-56-53(57-55(58-54)42-15-5-12-37-28-35-10-3-4-11-36(35)30-43(37)42)33-20-24-39(25-21-33)59-44-16-6-13-40-41-14-7-17-46-50(41)52-47(60-46)27-23-32-22-26-45(59)51(48(32)52)49(40)44/h1-30H. The molecule has 10 aromatic carbocycles. The lowest BCUT2D eigenvalue weighted by Gasteiger charge is -2.13. The zero-order valence-electron chi connectivity index (χ0n) is 32.0. The van der Waals surface area contributed by atoms with Gasteiger partial charge in [-0.15, -0.1) is 0 Å². The third kappa shape index (κ3) is 4.38. The number of rotatable bonds is 4. The van der Waals surface area contributed by atoms with Gasteiger partial charge in [-0.25, -0.2) is 15.0 Å². The lowest BCUT2D eigenvalue weighted by Crippen LogP contribution is -2.01. The van der Waals surface area contributed by atoms with Crippen LogP contribution in [0.15, 0.2) is 186 Å². The molecule has 13 aromatic rings. The van der Waals surface area contributed by atoms with E-state index in [1.54, 1.807) is 0 Å². The number of furan rings is 1. The predicted octanol–water partition coefficient (Wildman–Crippen LogP) is 14.5. The number of benzene rings is 10. The molecule has 0 radical (unpaired) electrons. The van der Waals surface area contributed by atoms with E-state index < -0.39 is 0 Å². The highest BCUT2D eigenvalue weighted by Gasteiger charge is 2.26. The average Bonchev–Trinajstić information content (AvgIpc) is 3.82. The first kappa shape index (κ1) is 31.9.